The van der Waals surface area contributed by atoms with Gasteiger partial charge in [-0.1, -0.05) is 0 Å². The Balaban J connectivity index is 1.60. The standard InChI is InChI=1S/C13H24N2O2S/c1-15(12-4-6-18(16,17)7-5-12)13-8-10-2-3-11(9-13)14-10/h10-14H,2-9H2,1H3. The minimum absolute atomic E-state index is 0.389. The lowest BCUT2D eigenvalue weighted by Crippen LogP contribution is -2.51. The zero-order valence-corrected chi connectivity index (χ0v) is 12.0. The number of rotatable bonds is 2. The van der Waals surface area contributed by atoms with Gasteiger partial charge in [0.1, 0.15) is 9.84 Å². The first-order valence-corrected chi connectivity index (χ1v) is 9.04. The van der Waals surface area contributed by atoms with Crippen molar-refractivity contribution in [2.24, 2.45) is 0 Å². The van der Waals surface area contributed by atoms with Gasteiger partial charge in [-0.3, -0.25) is 0 Å². The predicted octanol–water partition coefficient (Wildman–Crippen LogP) is 0.778. The quantitative estimate of drug-likeness (QED) is 0.807. The van der Waals surface area contributed by atoms with E-state index >= 15 is 0 Å². The third-order valence-electron chi connectivity index (χ3n) is 5.12. The second-order valence-corrected chi connectivity index (χ2v) is 8.62. The topological polar surface area (TPSA) is 49.4 Å². The summed E-state index contributed by atoms with van der Waals surface area (Å²) >= 11 is 0. The van der Waals surface area contributed by atoms with Gasteiger partial charge < -0.3 is 10.2 Å². The summed E-state index contributed by atoms with van der Waals surface area (Å²) < 4.78 is 23.0. The van der Waals surface area contributed by atoms with Crippen LogP contribution in [0.3, 0.4) is 0 Å². The first kappa shape index (κ1) is 12.9. The number of nitrogens with zero attached hydrogens (tertiary/aromatic N) is 1. The van der Waals surface area contributed by atoms with Crippen LogP contribution in [-0.2, 0) is 9.84 Å². The van der Waals surface area contributed by atoms with E-state index in [1.54, 1.807) is 0 Å². The second kappa shape index (κ2) is 4.76. The van der Waals surface area contributed by atoms with E-state index in [0.29, 0.717) is 35.7 Å². The minimum Gasteiger partial charge on any atom is -0.311 e. The molecule has 3 aliphatic heterocycles. The summed E-state index contributed by atoms with van der Waals surface area (Å²) in [6.07, 6.45) is 6.81. The predicted molar refractivity (Wildman–Crippen MR) is 72.4 cm³/mol. The maximum atomic E-state index is 11.5. The van der Waals surface area contributed by atoms with Crippen LogP contribution in [0.15, 0.2) is 0 Å². The average Bonchev–Trinajstić information content (AvgIpc) is 2.67. The molecule has 4 nitrogen and oxygen atoms in total. The van der Waals surface area contributed by atoms with Gasteiger partial charge in [0.15, 0.2) is 0 Å². The van der Waals surface area contributed by atoms with Crippen LogP contribution in [0.5, 0.6) is 0 Å². The molecule has 2 atom stereocenters. The van der Waals surface area contributed by atoms with E-state index in [-0.39, 0.29) is 0 Å². The van der Waals surface area contributed by atoms with Gasteiger partial charge in [0.2, 0.25) is 0 Å². The van der Waals surface area contributed by atoms with Crippen molar-refractivity contribution in [1.29, 1.82) is 0 Å². The summed E-state index contributed by atoms with van der Waals surface area (Å²) in [5.74, 6) is 0.777. The van der Waals surface area contributed by atoms with Gasteiger partial charge in [0, 0.05) is 24.2 Å². The fourth-order valence-corrected chi connectivity index (χ4v) is 5.41. The van der Waals surface area contributed by atoms with Crippen molar-refractivity contribution in [3.63, 3.8) is 0 Å². The first-order valence-electron chi connectivity index (χ1n) is 7.22. The maximum Gasteiger partial charge on any atom is 0.150 e. The van der Waals surface area contributed by atoms with Gasteiger partial charge in [0.05, 0.1) is 11.5 Å². The summed E-state index contributed by atoms with van der Waals surface area (Å²) in [7, 11) is -0.522. The lowest BCUT2D eigenvalue weighted by molar-refractivity contribution is 0.117. The Morgan fingerprint density at radius 2 is 1.50 bits per heavy atom. The average molecular weight is 272 g/mol. The number of sulfone groups is 1. The van der Waals surface area contributed by atoms with Crippen LogP contribution in [0.2, 0.25) is 0 Å². The molecular weight excluding hydrogens is 248 g/mol. The third kappa shape index (κ3) is 2.58. The Hall–Kier alpha value is -0.130. The molecule has 0 aliphatic carbocycles. The van der Waals surface area contributed by atoms with E-state index in [0.717, 1.165) is 12.8 Å². The molecule has 0 amide bonds. The van der Waals surface area contributed by atoms with E-state index in [1.807, 2.05) is 0 Å². The number of fused-ring (bicyclic) bond motifs is 2. The highest BCUT2D eigenvalue weighted by Gasteiger charge is 2.37. The van der Waals surface area contributed by atoms with Crippen molar-refractivity contribution in [2.45, 2.75) is 62.7 Å². The smallest absolute Gasteiger partial charge is 0.150 e. The van der Waals surface area contributed by atoms with Gasteiger partial charge in [0.25, 0.3) is 0 Å². The Bertz CT molecular complexity index is 383. The van der Waals surface area contributed by atoms with Gasteiger partial charge in [-0.05, 0) is 45.6 Å². The summed E-state index contributed by atoms with van der Waals surface area (Å²) in [5, 5.41) is 3.67. The third-order valence-corrected chi connectivity index (χ3v) is 6.84. The van der Waals surface area contributed by atoms with Crippen LogP contribution >= 0.6 is 0 Å². The van der Waals surface area contributed by atoms with Crippen LogP contribution in [0.1, 0.15) is 38.5 Å². The number of piperidine rings is 1. The normalized spacial score (nSPS) is 40.2. The van der Waals surface area contributed by atoms with Crippen molar-refractivity contribution >= 4 is 9.84 Å². The molecule has 0 aromatic heterocycles. The molecule has 104 valence electrons. The summed E-state index contributed by atoms with van der Waals surface area (Å²) in [4.78, 5) is 2.49. The SMILES string of the molecule is CN(C1CCS(=O)(=O)CC1)C1CC2CCC(C1)N2. The molecule has 0 aromatic carbocycles. The van der Waals surface area contributed by atoms with Crippen LogP contribution < -0.4 is 5.32 Å². The number of hydrogen-bond acceptors (Lipinski definition) is 4. The summed E-state index contributed by atoms with van der Waals surface area (Å²) in [5.41, 5.74) is 0. The first-order chi connectivity index (χ1) is 8.53. The van der Waals surface area contributed by atoms with Crippen molar-refractivity contribution in [2.75, 3.05) is 18.6 Å². The Morgan fingerprint density at radius 1 is 0.944 bits per heavy atom. The molecule has 2 unspecified atom stereocenters. The van der Waals surface area contributed by atoms with Crippen LogP contribution in [0, 0.1) is 0 Å². The Labute approximate surface area is 110 Å². The van der Waals surface area contributed by atoms with E-state index in [9.17, 15) is 8.42 Å². The van der Waals surface area contributed by atoms with Gasteiger partial charge in [-0.2, -0.15) is 0 Å². The van der Waals surface area contributed by atoms with Gasteiger partial charge >= 0.3 is 0 Å². The molecule has 5 heteroatoms. The monoisotopic (exact) mass is 272 g/mol. The molecule has 0 saturated carbocycles. The zero-order chi connectivity index (χ0) is 12.8. The van der Waals surface area contributed by atoms with Crippen LogP contribution in [0.4, 0.5) is 0 Å². The number of hydrogen-bond donors (Lipinski definition) is 1. The van der Waals surface area contributed by atoms with Crippen molar-refractivity contribution < 1.29 is 8.42 Å². The highest BCUT2D eigenvalue weighted by Crippen LogP contribution is 2.31. The van der Waals surface area contributed by atoms with Crippen molar-refractivity contribution in [3.05, 3.63) is 0 Å². The molecular formula is C13H24N2O2S. The van der Waals surface area contributed by atoms with Crippen molar-refractivity contribution in [3.8, 4) is 0 Å². The molecule has 3 rings (SSSR count). The molecule has 0 radical (unpaired) electrons. The highest BCUT2D eigenvalue weighted by atomic mass is 32.2. The van der Waals surface area contributed by atoms with E-state index in [2.05, 4.69) is 17.3 Å². The molecule has 3 saturated heterocycles. The van der Waals surface area contributed by atoms with Gasteiger partial charge in [-0.25, -0.2) is 8.42 Å². The maximum absolute atomic E-state index is 11.5. The van der Waals surface area contributed by atoms with Gasteiger partial charge in [-0.15, -0.1) is 0 Å². The summed E-state index contributed by atoms with van der Waals surface area (Å²) in [6.45, 7) is 0. The van der Waals surface area contributed by atoms with Crippen molar-refractivity contribution in [1.82, 2.24) is 10.2 Å². The lowest BCUT2D eigenvalue weighted by atomic mass is 9.96. The Morgan fingerprint density at radius 3 is 2.06 bits per heavy atom. The number of nitrogens with one attached hydrogen (secondary N) is 1. The van der Waals surface area contributed by atoms with E-state index < -0.39 is 9.84 Å². The fourth-order valence-electron chi connectivity index (χ4n) is 3.94. The van der Waals surface area contributed by atoms with Crippen LogP contribution in [0.25, 0.3) is 0 Å². The Kier molecular flexibility index (Phi) is 3.41. The zero-order valence-electron chi connectivity index (χ0n) is 11.1. The van der Waals surface area contributed by atoms with E-state index in [4.69, 9.17) is 0 Å². The van der Waals surface area contributed by atoms with Crippen LogP contribution in [-0.4, -0.2) is 56.0 Å². The lowest BCUT2D eigenvalue weighted by Gasteiger charge is -2.41. The molecule has 0 spiro atoms. The highest BCUT2D eigenvalue weighted by molar-refractivity contribution is 7.91. The molecule has 3 heterocycles. The molecule has 3 aliphatic rings. The molecule has 3 fully saturated rings. The molecule has 18 heavy (non-hydrogen) atoms. The molecule has 0 aromatic rings. The summed E-state index contributed by atoms with van der Waals surface area (Å²) in [6, 6.07) is 2.57. The largest absolute Gasteiger partial charge is 0.311 e. The minimum atomic E-state index is -2.73. The second-order valence-electron chi connectivity index (χ2n) is 6.31. The van der Waals surface area contributed by atoms with E-state index in [1.165, 1.54) is 25.7 Å². The molecule has 2 bridgehead atoms. The fraction of sp³-hybridized carbons (Fsp3) is 1.00. The molecule has 1 N–H and O–H groups in total.